The molecule has 1 fully saturated rings. The van der Waals surface area contributed by atoms with Gasteiger partial charge in [0.1, 0.15) is 13.2 Å². The van der Waals surface area contributed by atoms with Crippen LogP contribution in [-0.4, -0.2) is 19.3 Å². The monoisotopic (exact) mass is 311 g/mol. The molecule has 3 rings (SSSR count). The first kappa shape index (κ1) is 12.2. The van der Waals surface area contributed by atoms with Gasteiger partial charge in [-0.05, 0) is 35.2 Å². The first-order valence-corrected chi connectivity index (χ1v) is 7.37. The fourth-order valence-electron chi connectivity index (χ4n) is 2.35. The summed E-state index contributed by atoms with van der Waals surface area (Å²) >= 11 is 3.59. The van der Waals surface area contributed by atoms with E-state index in [1.54, 1.807) is 0 Å². The highest BCUT2D eigenvalue weighted by Crippen LogP contribution is 2.39. The summed E-state index contributed by atoms with van der Waals surface area (Å²) in [6.07, 6.45) is 4.05. The predicted octanol–water partition coefficient (Wildman–Crippen LogP) is 3.82. The van der Waals surface area contributed by atoms with E-state index in [4.69, 9.17) is 9.47 Å². The molecule has 1 N–H and O–H groups in total. The maximum Gasteiger partial charge on any atom is 0.163 e. The summed E-state index contributed by atoms with van der Waals surface area (Å²) in [5, 5.41) is 3.55. The highest BCUT2D eigenvalue weighted by atomic mass is 79.9. The molecule has 0 radical (unpaired) electrons. The first-order valence-electron chi connectivity index (χ1n) is 6.58. The van der Waals surface area contributed by atoms with Gasteiger partial charge < -0.3 is 14.8 Å². The van der Waals surface area contributed by atoms with Gasteiger partial charge in [-0.3, -0.25) is 0 Å². The van der Waals surface area contributed by atoms with E-state index in [0.29, 0.717) is 19.3 Å². The van der Waals surface area contributed by atoms with Crippen LogP contribution in [0.25, 0.3) is 0 Å². The van der Waals surface area contributed by atoms with Crippen LogP contribution < -0.4 is 14.8 Å². The minimum absolute atomic E-state index is 0.497. The van der Waals surface area contributed by atoms with E-state index in [0.717, 1.165) is 27.6 Å². The summed E-state index contributed by atoms with van der Waals surface area (Å²) in [5.74, 6) is 2.60. The predicted molar refractivity (Wildman–Crippen MR) is 75.6 cm³/mol. The van der Waals surface area contributed by atoms with Crippen LogP contribution in [0.2, 0.25) is 0 Å². The average molecular weight is 312 g/mol. The number of hydrogen-bond acceptors (Lipinski definition) is 3. The largest absolute Gasteiger partial charge is 0.486 e. The molecule has 0 aromatic heterocycles. The second-order valence-electron chi connectivity index (χ2n) is 5.20. The molecule has 1 aromatic rings. The maximum absolute atomic E-state index is 5.61. The molecule has 1 heterocycles. The van der Waals surface area contributed by atoms with Crippen LogP contribution in [0, 0.1) is 5.92 Å². The summed E-state index contributed by atoms with van der Waals surface area (Å²) in [5.41, 5.74) is 1.09. The number of ether oxygens (including phenoxy) is 2. The van der Waals surface area contributed by atoms with Crippen molar-refractivity contribution in [3.05, 3.63) is 16.6 Å². The quantitative estimate of drug-likeness (QED) is 0.917. The van der Waals surface area contributed by atoms with Gasteiger partial charge in [-0.1, -0.05) is 12.8 Å². The zero-order valence-corrected chi connectivity index (χ0v) is 12.1. The Balaban J connectivity index is 1.73. The van der Waals surface area contributed by atoms with Crippen molar-refractivity contribution in [3.63, 3.8) is 0 Å². The van der Waals surface area contributed by atoms with E-state index in [2.05, 4.69) is 28.2 Å². The summed E-state index contributed by atoms with van der Waals surface area (Å²) < 4.78 is 12.2. The van der Waals surface area contributed by atoms with Crippen molar-refractivity contribution in [1.82, 2.24) is 0 Å². The average Bonchev–Trinajstić information content (AvgIpc) is 3.14. The lowest BCUT2D eigenvalue weighted by Gasteiger charge is -2.22. The molecule has 1 aliphatic heterocycles. The summed E-state index contributed by atoms with van der Waals surface area (Å²) in [6.45, 7) is 3.50. The van der Waals surface area contributed by atoms with E-state index < -0.39 is 0 Å². The topological polar surface area (TPSA) is 30.5 Å². The van der Waals surface area contributed by atoms with E-state index in [1.165, 1.54) is 19.3 Å². The minimum atomic E-state index is 0.497. The lowest BCUT2D eigenvalue weighted by Crippen LogP contribution is -2.18. The highest BCUT2D eigenvalue weighted by Gasteiger charge is 2.24. The Bertz CT molecular complexity index is 446. The molecule has 4 heteroatoms. The molecular weight excluding hydrogens is 294 g/mol. The Morgan fingerprint density at radius 1 is 1.28 bits per heavy atom. The molecule has 1 saturated carbocycles. The second-order valence-corrected chi connectivity index (χ2v) is 6.05. The van der Waals surface area contributed by atoms with Crippen molar-refractivity contribution >= 4 is 21.6 Å². The third-order valence-corrected chi connectivity index (χ3v) is 4.07. The summed E-state index contributed by atoms with van der Waals surface area (Å²) in [7, 11) is 0. The van der Waals surface area contributed by atoms with Crippen LogP contribution in [0.1, 0.15) is 26.2 Å². The van der Waals surface area contributed by atoms with Gasteiger partial charge >= 0.3 is 0 Å². The Labute approximate surface area is 116 Å². The number of benzene rings is 1. The van der Waals surface area contributed by atoms with Gasteiger partial charge in [0.05, 0.1) is 5.69 Å². The molecule has 3 nitrogen and oxygen atoms in total. The van der Waals surface area contributed by atoms with Crippen LogP contribution >= 0.6 is 15.9 Å². The zero-order valence-electron chi connectivity index (χ0n) is 10.5. The Morgan fingerprint density at radius 3 is 2.61 bits per heavy atom. The van der Waals surface area contributed by atoms with Crippen LogP contribution in [-0.2, 0) is 0 Å². The Kier molecular flexibility index (Phi) is 3.37. The Morgan fingerprint density at radius 2 is 1.94 bits per heavy atom. The van der Waals surface area contributed by atoms with Crippen molar-refractivity contribution in [2.75, 3.05) is 18.5 Å². The number of hydrogen-bond donors (Lipinski definition) is 1. The van der Waals surface area contributed by atoms with Crippen LogP contribution in [0.5, 0.6) is 11.5 Å². The SMILES string of the molecule is CC(CC1CC1)Nc1cc2c(cc1Br)OCCO2. The van der Waals surface area contributed by atoms with Gasteiger partial charge in [-0.2, -0.15) is 0 Å². The van der Waals surface area contributed by atoms with Crippen molar-refractivity contribution in [1.29, 1.82) is 0 Å². The number of rotatable bonds is 4. The molecular formula is C14H18BrNO2. The number of nitrogens with one attached hydrogen (secondary N) is 1. The summed E-state index contributed by atoms with van der Waals surface area (Å²) in [4.78, 5) is 0. The van der Waals surface area contributed by atoms with Crippen molar-refractivity contribution < 1.29 is 9.47 Å². The lowest BCUT2D eigenvalue weighted by atomic mass is 10.1. The fourth-order valence-corrected chi connectivity index (χ4v) is 2.79. The molecule has 1 aromatic carbocycles. The number of fused-ring (bicyclic) bond motifs is 1. The van der Waals surface area contributed by atoms with E-state index in [9.17, 15) is 0 Å². The minimum Gasteiger partial charge on any atom is -0.486 e. The van der Waals surface area contributed by atoms with Gasteiger partial charge in [0, 0.05) is 22.6 Å². The second kappa shape index (κ2) is 5.00. The first-order chi connectivity index (χ1) is 8.72. The van der Waals surface area contributed by atoms with Gasteiger partial charge in [-0.15, -0.1) is 0 Å². The number of anilines is 1. The van der Waals surface area contributed by atoms with Crippen LogP contribution in [0.3, 0.4) is 0 Å². The molecule has 1 aliphatic carbocycles. The molecule has 0 saturated heterocycles. The third-order valence-electron chi connectivity index (χ3n) is 3.42. The van der Waals surface area contributed by atoms with Crippen molar-refractivity contribution in [3.8, 4) is 11.5 Å². The van der Waals surface area contributed by atoms with E-state index in [1.807, 2.05) is 12.1 Å². The van der Waals surface area contributed by atoms with Gasteiger partial charge in [0.2, 0.25) is 0 Å². The van der Waals surface area contributed by atoms with Gasteiger partial charge in [-0.25, -0.2) is 0 Å². The highest BCUT2D eigenvalue weighted by molar-refractivity contribution is 9.10. The van der Waals surface area contributed by atoms with Crippen molar-refractivity contribution in [2.24, 2.45) is 5.92 Å². The smallest absolute Gasteiger partial charge is 0.163 e. The van der Waals surface area contributed by atoms with Gasteiger partial charge in [0.25, 0.3) is 0 Å². The Hall–Kier alpha value is -0.900. The van der Waals surface area contributed by atoms with Crippen LogP contribution in [0.15, 0.2) is 16.6 Å². The molecule has 2 aliphatic rings. The third kappa shape index (κ3) is 2.74. The zero-order chi connectivity index (χ0) is 12.5. The molecule has 1 atom stereocenters. The lowest BCUT2D eigenvalue weighted by molar-refractivity contribution is 0.171. The molecule has 1 unspecified atom stereocenters. The molecule has 18 heavy (non-hydrogen) atoms. The molecule has 98 valence electrons. The maximum atomic E-state index is 5.61. The normalized spacial score (nSPS) is 19.4. The van der Waals surface area contributed by atoms with Crippen LogP contribution in [0.4, 0.5) is 5.69 Å². The van der Waals surface area contributed by atoms with E-state index >= 15 is 0 Å². The fraction of sp³-hybridized carbons (Fsp3) is 0.571. The van der Waals surface area contributed by atoms with Crippen molar-refractivity contribution in [2.45, 2.75) is 32.2 Å². The number of halogens is 1. The molecule has 0 bridgehead atoms. The summed E-state index contributed by atoms with van der Waals surface area (Å²) in [6, 6.07) is 4.51. The molecule has 0 spiro atoms. The molecule has 0 amide bonds. The van der Waals surface area contributed by atoms with Gasteiger partial charge in [0.15, 0.2) is 11.5 Å². The standard InChI is InChI=1S/C14H18BrNO2/c1-9(6-10-2-3-10)16-12-8-14-13(7-11(12)15)17-4-5-18-14/h7-10,16H,2-6H2,1H3. The van der Waals surface area contributed by atoms with E-state index in [-0.39, 0.29) is 0 Å².